The van der Waals surface area contributed by atoms with E-state index in [1.807, 2.05) is 11.3 Å². The van der Waals surface area contributed by atoms with Crippen molar-refractivity contribution in [3.8, 4) is 44.5 Å². The quantitative estimate of drug-likeness (QED) is 0.156. The van der Waals surface area contributed by atoms with Crippen LogP contribution in [0.1, 0.15) is 22.3 Å². The van der Waals surface area contributed by atoms with Crippen LogP contribution in [0.4, 0.5) is 0 Å². The molecule has 1 aromatic heterocycles. The smallest absolute Gasteiger partial charge is 0.0732 e. The maximum atomic E-state index is 2.54. The highest BCUT2D eigenvalue weighted by Gasteiger charge is 2.51. The second kappa shape index (κ2) is 11.1. The third-order valence-electron chi connectivity index (χ3n) is 12.8. The molecule has 0 bridgehead atoms. The van der Waals surface area contributed by atoms with Gasteiger partial charge in [-0.15, -0.1) is 11.3 Å². The Bertz CT molecular complexity index is 3480. The Balaban J connectivity index is 1.14. The first-order valence-corrected chi connectivity index (χ1v) is 20.3. The summed E-state index contributed by atoms with van der Waals surface area (Å²) in [5.74, 6) is 0. The summed E-state index contributed by atoms with van der Waals surface area (Å²) in [4.78, 5) is 0. The molecule has 10 aromatic carbocycles. The molecule has 0 fully saturated rings. The lowest BCUT2D eigenvalue weighted by atomic mass is 9.59. The average Bonchev–Trinajstić information content (AvgIpc) is 3.79. The molecule has 258 valence electrons. The van der Waals surface area contributed by atoms with E-state index in [1.165, 1.54) is 119 Å². The van der Waals surface area contributed by atoms with Gasteiger partial charge in [-0.1, -0.05) is 176 Å². The van der Waals surface area contributed by atoms with Crippen LogP contribution < -0.4 is 0 Å². The highest BCUT2D eigenvalue weighted by Crippen LogP contribution is 2.64. The van der Waals surface area contributed by atoms with Gasteiger partial charge in [-0.3, -0.25) is 0 Å². The van der Waals surface area contributed by atoms with E-state index in [1.54, 1.807) is 0 Å². The third-order valence-corrected chi connectivity index (χ3v) is 14.1. The van der Waals surface area contributed by atoms with Crippen LogP contribution in [0.3, 0.4) is 0 Å². The van der Waals surface area contributed by atoms with Crippen molar-refractivity contribution >= 4 is 63.8 Å². The fourth-order valence-electron chi connectivity index (χ4n) is 10.7. The monoisotopic (exact) mass is 724 g/mol. The molecule has 0 amide bonds. The van der Waals surface area contributed by atoms with Gasteiger partial charge in [0.05, 0.1) is 5.41 Å². The molecule has 56 heavy (non-hydrogen) atoms. The van der Waals surface area contributed by atoms with Gasteiger partial charge in [-0.2, -0.15) is 0 Å². The van der Waals surface area contributed by atoms with Crippen molar-refractivity contribution < 1.29 is 0 Å². The zero-order valence-corrected chi connectivity index (χ0v) is 31.2. The molecule has 0 radical (unpaired) electrons. The summed E-state index contributed by atoms with van der Waals surface area (Å²) < 4.78 is 2.68. The molecule has 1 atom stereocenters. The first-order chi connectivity index (χ1) is 27.8. The van der Waals surface area contributed by atoms with Crippen molar-refractivity contribution in [2.75, 3.05) is 0 Å². The molecule has 1 spiro atoms. The van der Waals surface area contributed by atoms with Crippen molar-refractivity contribution in [3.63, 3.8) is 0 Å². The van der Waals surface area contributed by atoms with Gasteiger partial charge in [0, 0.05) is 20.2 Å². The third kappa shape index (κ3) is 3.83. The molecule has 0 aliphatic heterocycles. The van der Waals surface area contributed by atoms with Gasteiger partial charge in [-0.25, -0.2) is 0 Å². The van der Waals surface area contributed by atoms with Crippen molar-refractivity contribution in [1.82, 2.24) is 0 Å². The number of thiophene rings is 1. The van der Waals surface area contributed by atoms with Crippen molar-refractivity contribution in [3.05, 3.63) is 216 Å². The minimum atomic E-state index is -0.533. The van der Waals surface area contributed by atoms with E-state index in [0.717, 1.165) is 0 Å². The first kappa shape index (κ1) is 30.5. The van der Waals surface area contributed by atoms with Gasteiger partial charge in [0.15, 0.2) is 0 Å². The fraction of sp³-hybridized carbons (Fsp3) is 0.0182. The molecule has 0 nitrogen and oxygen atoms in total. The number of hydrogen-bond donors (Lipinski definition) is 0. The van der Waals surface area contributed by atoms with Gasteiger partial charge >= 0.3 is 0 Å². The molecule has 11 aromatic rings. The number of fused-ring (bicyclic) bond motifs is 17. The van der Waals surface area contributed by atoms with Crippen LogP contribution in [0.25, 0.3) is 97.0 Å². The summed E-state index contributed by atoms with van der Waals surface area (Å²) in [5, 5.41) is 10.5. The van der Waals surface area contributed by atoms with Gasteiger partial charge in [0.1, 0.15) is 0 Å². The number of benzene rings is 10. The Morgan fingerprint density at radius 3 is 1.82 bits per heavy atom. The SMILES string of the molecule is c1cc(-c2ccc3c(c2)C2(c4ccccc4-3)c3c(c4ccccc4c4ccccc34)-c3cccc4cccc2c34)cc(-c2cccc3c2sc2ccccc23)c1. The lowest BCUT2D eigenvalue weighted by molar-refractivity contribution is 0.783. The van der Waals surface area contributed by atoms with Crippen LogP contribution in [0.2, 0.25) is 0 Å². The molecule has 13 rings (SSSR count). The van der Waals surface area contributed by atoms with Crippen molar-refractivity contribution in [2.24, 2.45) is 0 Å². The molecule has 1 heterocycles. The normalized spacial score (nSPS) is 15.2. The standard InChI is InChI=1S/C55H32S/c1-3-21-43-38(17-1)39-18-2-4-22-44(39)53-52(43)46-25-10-13-33-14-11-27-48(51(33)46)55(53)47-26-7-5-19-40(47)41-30-29-35(32-49(41)55)34-15-9-16-36(31-34)37-23-12-24-45-42-20-6-8-28-50(42)56-54(37)45/h1-32H. The second-order valence-corrected chi connectivity index (χ2v) is 16.5. The Kier molecular flexibility index (Phi) is 6.07. The Hall–Kier alpha value is -6.80. The summed E-state index contributed by atoms with van der Waals surface area (Å²) in [5.41, 5.74) is 15.3. The highest BCUT2D eigenvalue weighted by atomic mass is 32.1. The van der Waals surface area contributed by atoms with Crippen LogP contribution in [-0.2, 0) is 5.41 Å². The highest BCUT2D eigenvalue weighted by molar-refractivity contribution is 7.26. The van der Waals surface area contributed by atoms with Crippen LogP contribution in [0, 0.1) is 0 Å². The zero-order valence-electron chi connectivity index (χ0n) is 30.4. The molecule has 1 unspecified atom stereocenters. The average molecular weight is 725 g/mol. The largest absolute Gasteiger partial charge is 0.135 e. The van der Waals surface area contributed by atoms with Gasteiger partial charge in [0.2, 0.25) is 0 Å². The maximum absolute atomic E-state index is 2.54. The first-order valence-electron chi connectivity index (χ1n) is 19.5. The van der Waals surface area contributed by atoms with Crippen LogP contribution in [0.5, 0.6) is 0 Å². The van der Waals surface area contributed by atoms with Crippen molar-refractivity contribution in [2.45, 2.75) is 5.41 Å². The van der Waals surface area contributed by atoms with E-state index in [2.05, 4.69) is 194 Å². The van der Waals surface area contributed by atoms with Gasteiger partial charge in [0.25, 0.3) is 0 Å². The summed E-state index contributed by atoms with van der Waals surface area (Å²) in [6, 6.07) is 73.4. The van der Waals surface area contributed by atoms with E-state index < -0.39 is 5.41 Å². The second-order valence-electron chi connectivity index (χ2n) is 15.5. The lowest BCUT2D eigenvalue weighted by Crippen LogP contribution is -2.32. The molecule has 0 N–H and O–H groups in total. The molecule has 2 aliphatic rings. The molecular weight excluding hydrogens is 693 g/mol. The molecule has 2 aliphatic carbocycles. The van der Waals surface area contributed by atoms with E-state index in [9.17, 15) is 0 Å². The van der Waals surface area contributed by atoms with E-state index in [-0.39, 0.29) is 0 Å². The Morgan fingerprint density at radius 1 is 0.339 bits per heavy atom. The summed E-state index contributed by atoms with van der Waals surface area (Å²) in [6.07, 6.45) is 0. The summed E-state index contributed by atoms with van der Waals surface area (Å²) in [7, 11) is 0. The minimum Gasteiger partial charge on any atom is -0.135 e. The summed E-state index contributed by atoms with van der Waals surface area (Å²) in [6.45, 7) is 0. The van der Waals surface area contributed by atoms with Gasteiger partial charge in [-0.05, 0) is 117 Å². The maximum Gasteiger partial charge on any atom is 0.0732 e. The Labute approximate surface area is 328 Å². The van der Waals surface area contributed by atoms with Gasteiger partial charge < -0.3 is 0 Å². The molecule has 1 heteroatoms. The van der Waals surface area contributed by atoms with E-state index in [4.69, 9.17) is 0 Å². The van der Waals surface area contributed by atoms with Crippen molar-refractivity contribution in [1.29, 1.82) is 0 Å². The van der Waals surface area contributed by atoms with Crippen LogP contribution >= 0.6 is 11.3 Å². The molecular formula is C55H32S. The predicted molar refractivity (Wildman–Crippen MR) is 239 cm³/mol. The fourth-order valence-corrected chi connectivity index (χ4v) is 11.9. The minimum absolute atomic E-state index is 0.533. The number of rotatable bonds is 2. The predicted octanol–water partition coefficient (Wildman–Crippen LogP) is 15.2. The molecule has 0 saturated heterocycles. The van der Waals surface area contributed by atoms with E-state index in [0.29, 0.717) is 0 Å². The van der Waals surface area contributed by atoms with Crippen LogP contribution in [-0.4, -0.2) is 0 Å². The lowest BCUT2D eigenvalue weighted by Gasteiger charge is -2.41. The van der Waals surface area contributed by atoms with E-state index >= 15 is 0 Å². The van der Waals surface area contributed by atoms with Crippen LogP contribution in [0.15, 0.2) is 194 Å². The summed E-state index contributed by atoms with van der Waals surface area (Å²) >= 11 is 1.90. The number of hydrogen-bond acceptors (Lipinski definition) is 1. The Morgan fingerprint density at radius 2 is 0.929 bits per heavy atom. The topological polar surface area (TPSA) is 0 Å². The molecule has 0 saturated carbocycles. The zero-order chi connectivity index (χ0) is 36.5.